The van der Waals surface area contributed by atoms with Gasteiger partial charge in [0, 0.05) is 18.8 Å². The lowest BCUT2D eigenvalue weighted by molar-refractivity contribution is -0.144. The average molecular weight is 538 g/mol. The molecule has 13 nitrogen and oxygen atoms in total. The van der Waals surface area contributed by atoms with Gasteiger partial charge in [-0.1, -0.05) is 12.1 Å². The maximum absolute atomic E-state index is 13.5. The number of nitrogens with zero attached hydrogens (tertiary/aromatic N) is 2. The van der Waals surface area contributed by atoms with Crippen LogP contribution in [0.3, 0.4) is 0 Å². The van der Waals surface area contributed by atoms with Gasteiger partial charge in [-0.3, -0.25) is 19.4 Å². The molecule has 1 fully saturated rings. The molecule has 1 heterocycles. The van der Waals surface area contributed by atoms with E-state index in [0.717, 1.165) is 5.56 Å². The molecule has 4 atom stereocenters. The molecule has 0 aliphatic carbocycles. The fourth-order valence-electron chi connectivity index (χ4n) is 3.97. The predicted molar refractivity (Wildman–Crippen MR) is 140 cm³/mol. The Morgan fingerprint density at radius 3 is 2.41 bits per heavy atom. The SMILES string of the molecule is NC(N)=NCCCC(NC(=O)C(N)Cc1ccc(O)cc1)C(=O)N1CCCC1C(=O)NC(CS)C(=O)O. The number of likely N-dealkylation sites (tertiary alicyclic amines) is 1. The molecule has 0 bridgehead atoms. The molecule has 1 saturated heterocycles. The third kappa shape index (κ3) is 9.13. The number of carbonyl (C=O) groups excluding carboxylic acids is 3. The van der Waals surface area contributed by atoms with Crippen LogP contribution < -0.4 is 27.8 Å². The average Bonchev–Trinajstić information content (AvgIpc) is 3.34. The van der Waals surface area contributed by atoms with Crippen LogP contribution in [0.5, 0.6) is 5.75 Å². The Bertz CT molecular complexity index is 986. The molecule has 1 aliphatic heterocycles. The van der Waals surface area contributed by atoms with Gasteiger partial charge in [0.15, 0.2) is 5.96 Å². The van der Waals surface area contributed by atoms with Crippen LogP contribution in [0.1, 0.15) is 31.2 Å². The Morgan fingerprint density at radius 2 is 1.81 bits per heavy atom. The molecular formula is C23H35N7O6S. The highest BCUT2D eigenvalue weighted by Crippen LogP contribution is 2.20. The zero-order chi connectivity index (χ0) is 27.5. The van der Waals surface area contributed by atoms with Gasteiger partial charge in [0.25, 0.3) is 0 Å². The highest BCUT2D eigenvalue weighted by molar-refractivity contribution is 7.80. The number of hydrogen-bond donors (Lipinski definition) is 8. The number of thiol groups is 1. The van der Waals surface area contributed by atoms with E-state index in [2.05, 4.69) is 28.3 Å². The molecule has 4 unspecified atom stereocenters. The smallest absolute Gasteiger partial charge is 0.327 e. The number of aliphatic imine (C=N–C) groups is 1. The van der Waals surface area contributed by atoms with Crippen molar-refractivity contribution in [3.63, 3.8) is 0 Å². The number of carboxylic acid groups (broad SMARTS) is 1. The molecule has 2 rings (SSSR count). The number of rotatable bonds is 13. The van der Waals surface area contributed by atoms with Crippen LogP contribution >= 0.6 is 12.6 Å². The summed E-state index contributed by atoms with van der Waals surface area (Å²) in [5.41, 5.74) is 17.5. The van der Waals surface area contributed by atoms with E-state index in [4.69, 9.17) is 17.2 Å². The van der Waals surface area contributed by atoms with Crippen LogP contribution in [0.4, 0.5) is 0 Å². The van der Waals surface area contributed by atoms with Gasteiger partial charge in [-0.05, 0) is 49.8 Å². The number of hydrogen-bond acceptors (Lipinski definition) is 8. The first-order valence-electron chi connectivity index (χ1n) is 11.9. The van der Waals surface area contributed by atoms with Gasteiger partial charge in [-0.15, -0.1) is 0 Å². The standard InChI is InChI=1S/C23H35N7O6S/c24-15(11-13-5-7-14(31)8-6-13)19(32)28-16(3-1-9-27-23(25)26)21(34)30-10-2-4-18(30)20(33)29-17(12-37)22(35)36/h5-8,15-18,31,37H,1-4,9-12,24H2,(H,28,32)(H,29,33)(H,35,36)(H4,25,26,27). The topological polar surface area (TPSA) is 226 Å². The molecule has 204 valence electrons. The fourth-order valence-corrected chi connectivity index (χ4v) is 4.22. The first-order chi connectivity index (χ1) is 17.5. The number of guanidine groups is 1. The second-order valence-electron chi connectivity index (χ2n) is 8.76. The Labute approximate surface area is 220 Å². The number of aromatic hydroxyl groups is 1. The maximum atomic E-state index is 13.5. The van der Waals surface area contributed by atoms with Gasteiger partial charge in [-0.2, -0.15) is 12.6 Å². The quantitative estimate of drug-likeness (QED) is 0.0619. The van der Waals surface area contributed by atoms with Gasteiger partial charge in [0.2, 0.25) is 17.7 Å². The first-order valence-corrected chi connectivity index (χ1v) is 12.5. The van der Waals surface area contributed by atoms with Crippen molar-refractivity contribution in [3.8, 4) is 5.75 Å². The van der Waals surface area contributed by atoms with Crippen molar-refractivity contribution >= 4 is 42.3 Å². The maximum Gasteiger partial charge on any atom is 0.327 e. The Balaban J connectivity index is 2.13. The lowest BCUT2D eigenvalue weighted by Crippen LogP contribution is -2.57. The highest BCUT2D eigenvalue weighted by Gasteiger charge is 2.38. The van der Waals surface area contributed by atoms with Crippen molar-refractivity contribution in [2.24, 2.45) is 22.2 Å². The van der Waals surface area contributed by atoms with Gasteiger partial charge in [0.05, 0.1) is 6.04 Å². The minimum Gasteiger partial charge on any atom is -0.508 e. The largest absolute Gasteiger partial charge is 0.508 e. The molecule has 3 amide bonds. The molecule has 0 spiro atoms. The molecule has 1 aliphatic rings. The van der Waals surface area contributed by atoms with Gasteiger partial charge >= 0.3 is 5.97 Å². The van der Waals surface area contributed by atoms with Crippen LogP contribution in [-0.4, -0.2) is 87.8 Å². The van der Waals surface area contributed by atoms with E-state index in [9.17, 15) is 29.4 Å². The zero-order valence-electron chi connectivity index (χ0n) is 20.4. The highest BCUT2D eigenvalue weighted by atomic mass is 32.1. The summed E-state index contributed by atoms with van der Waals surface area (Å²) in [7, 11) is 0. The number of carboxylic acids is 1. The number of phenolic OH excluding ortho intramolecular Hbond substituents is 1. The minimum atomic E-state index is -1.23. The summed E-state index contributed by atoms with van der Waals surface area (Å²) in [5, 5.41) is 23.7. The number of phenols is 1. The van der Waals surface area contributed by atoms with E-state index in [1.807, 2.05) is 0 Å². The molecule has 1 aromatic carbocycles. The summed E-state index contributed by atoms with van der Waals surface area (Å²) in [6.45, 7) is 0.503. The van der Waals surface area contributed by atoms with Crippen molar-refractivity contribution in [2.75, 3.05) is 18.8 Å². The number of benzene rings is 1. The van der Waals surface area contributed by atoms with E-state index in [1.165, 1.54) is 17.0 Å². The molecule has 10 N–H and O–H groups in total. The predicted octanol–water partition coefficient (Wildman–Crippen LogP) is -1.71. The monoisotopic (exact) mass is 537 g/mol. The summed E-state index contributed by atoms with van der Waals surface area (Å²) in [6, 6.07) is 2.21. The van der Waals surface area contributed by atoms with E-state index >= 15 is 0 Å². The summed E-state index contributed by atoms with van der Waals surface area (Å²) in [4.78, 5) is 55.7. The molecule has 14 heteroatoms. The van der Waals surface area contributed by atoms with Crippen molar-refractivity contribution in [2.45, 2.75) is 56.3 Å². The number of carbonyl (C=O) groups is 4. The number of nitrogens with two attached hydrogens (primary N) is 3. The Kier molecular flexibility index (Phi) is 11.5. The summed E-state index contributed by atoms with van der Waals surface area (Å²) in [6.07, 6.45) is 1.62. The Hall–Kier alpha value is -3.52. The second-order valence-corrected chi connectivity index (χ2v) is 9.12. The van der Waals surface area contributed by atoms with Crippen LogP contribution in [0.25, 0.3) is 0 Å². The van der Waals surface area contributed by atoms with Crippen LogP contribution in [0.2, 0.25) is 0 Å². The molecule has 37 heavy (non-hydrogen) atoms. The van der Waals surface area contributed by atoms with Gasteiger partial charge < -0.3 is 42.9 Å². The third-order valence-electron chi connectivity index (χ3n) is 5.92. The van der Waals surface area contributed by atoms with E-state index in [-0.39, 0.29) is 43.4 Å². The van der Waals surface area contributed by atoms with E-state index in [1.54, 1.807) is 12.1 Å². The number of amides is 3. The molecule has 0 aromatic heterocycles. The summed E-state index contributed by atoms with van der Waals surface area (Å²) >= 11 is 3.95. The van der Waals surface area contributed by atoms with Gasteiger partial charge in [-0.25, -0.2) is 4.79 Å². The minimum absolute atomic E-state index is 0.0847. The zero-order valence-corrected chi connectivity index (χ0v) is 21.3. The molecule has 0 saturated carbocycles. The van der Waals surface area contributed by atoms with Gasteiger partial charge in [0.1, 0.15) is 23.9 Å². The molecule has 1 aromatic rings. The summed E-state index contributed by atoms with van der Waals surface area (Å²) in [5.74, 6) is -2.99. The van der Waals surface area contributed by atoms with Crippen molar-refractivity contribution < 1.29 is 29.4 Å². The van der Waals surface area contributed by atoms with Crippen molar-refractivity contribution in [3.05, 3.63) is 29.8 Å². The van der Waals surface area contributed by atoms with E-state index in [0.29, 0.717) is 19.3 Å². The first kappa shape index (κ1) is 29.7. The molecule has 0 radical (unpaired) electrons. The normalized spacial score (nSPS) is 17.4. The van der Waals surface area contributed by atoms with Crippen LogP contribution in [0.15, 0.2) is 29.3 Å². The molecular weight excluding hydrogens is 502 g/mol. The van der Waals surface area contributed by atoms with Crippen molar-refractivity contribution in [1.29, 1.82) is 0 Å². The van der Waals surface area contributed by atoms with E-state index < -0.39 is 47.9 Å². The fraction of sp³-hybridized carbons (Fsp3) is 0.522. The number of aliphatic carboxylic acids is 1. The number of nitrogens with one attached hydrogen (secondary N) is 2. The van der Waals surface area contributed by atoms with Crippen molar-refractivity contribution in [1.82, 2.24) is 15.5 Å². The second kappa shape index (κ2) is 14.3. The lowest BCUT2D eigenvalue weighted by atomic mass is 10.0. The van der Waals surface area contributed by atoms with Crippen LogP contribution in [0, 0.1) is 0 Å². The lowest BCUT2D eigenvalue weighted by Gasteiger charge is -2.30. The Morgan fingerprint density at radius 1 is 1.14 bits per heavy atom. The third-order valence-corrected chi connectivity index (χ3v) is 6.29. The summed E-state index contributed by atoms with van der Waals surface area (Å²) < 4.78 is 0. The van der Waals surface area contributed by atoms with Crippen LogP contribution in [-0.2, 0) is 25.6 Å².